The molecule has 0 saturated carbocycles. The van der Waals surface area contributed by atoms with Gasteiger partial charge in [0.1, 0.15) is 11.6 Å². The maximum atomic E-state index is 13.7. The second kappa shape index (κ2) is 12.8. The summed E-state index contributed by atoms with van der Waals surface area (Å²) in [5.41, 5.74) is 6.43. The first-order chi connectivity index (χ1) is 18.8. The highest BCUT2D eigenvalue weighted by Crippen LogP contribution is 2.43. The van der Waals surface area contributed by atoms with E-state index in [0.717, 1.165) is 24.9 Å². The SMILES string of the molecule is C=C/C(=C\C=C(/C)C1[C@@H](CCC(=O)c2ccc(F)cc2)C(C)N1c1ccc(F)cc1)CCc1cccc(C)c1. The summed E-state index contributed by atoms with van der Waals surface area (Å²) in [6.07, 6.45) is 9.18. The van der Waals surface area contributed by atoms with Crippen LogP contribution in [-0.4, -0.2) is 17.9 Å². The molecule has 1 aliphatic rings. The van der Waals surface area contributed by atoms with Gasteiger partial charge in [0.2, 0.25) is 0 Å². The molecule has 0 aromatic heterocycles. The Bertz CT molecular complexity index is 1350. The van der Waals surface area contributed by atoms with Gasteiger partial charge in [-0.3, -0.25) is 4.79 Å². The van der Waals surface area contributed by atoms with Gasteiger partial charge in [-0.2, -0.15) is 0 Å². The van der Waals surface area contributed by atoms with Gasteiger partial charge in [-0.05, 0) is 99.7 Å². The smallest absolute Gasteiger partial charge is 0.162 e. The van der Waals surface area contributed by atoms with E-state index in [1.807, 2.05) is 18.2 Å². The van der Waals surface area contributed by atoms with E-state index in [2.05, 4.69) is 68.7 Å². The summed E-state index contributed by atoms with van der Waals surface area (Å²) in [6.45, 7) is 10.4. The normalized spacial score (nSPS) is 19.5. The Labute approximate surface area is 231 Å². The Morgan fingerprint density at radius 2 is 1.62 bits per heavy atom. The first kappa shape index (κ1) is 28.2. The number of anilines is 1. The second-order valence-corrected chi connectivity index (χ2v) is 10.5. The van der Waals surface area contributed by atoms with Crippen LogP contribution in [-0.2, 0) is 6.42 Å². The molecule has 1 heterocycles. The van der Waals surface area contributed by atoms with Crippen molar-refractivity contribution in [2.45, 2.75) is 58.5 Å². The summed E-state index contributed by atoms with van der Waals surface area (Å²) in [4.78, 5) is 15.1. The van der Waals surface area contributed by atoms with Gasteiger partial charge in [-0.15, -0.1) is 0 Å². The van der Waals surface area contributed by atoms with Gasteiger partial charge >= 0.3 is 0 Å². The minimum Gasteiger partial charge on any atom is -0.361 e. The number of carbonyl (C=O) groups excluding carboxylic acids is 1. The van der Waals surface area contributed by atoms with Crippen LogP contribution in [0.1, 0.15) is 54.6 Å². The molecule has 1 aliphatic heterocycles. The maximum Gasteiger partial charge on any atom is 0.162 e. The standard InChI is InChI=1S/C35H37F2NO/c1-5-27(11-12-28-8-6-7-24(2)23-28)10-9-25(3)35-33(21-22-34(39)29-13-15-30(36)16-14-29)26(4)38(35)32-19-17-31(37)18-20-32/h5-10,13-20,23,26,33,35H,1,11-12,21-22H2,2-4H3/b25-9+,27-10+/t26?,33-,35?/m0/s1. The molecule has 0 aliphatic carbocycles. The third-order valence-electron chi connectivity index (χ3n) is 7.83. The van der Waals surface area contributed by atoms with Gasteiger partial charge in [0.25, 0.3) is 0 Å². The van der Waals surface area contributed by atoms with Gasteiger partial charge in [0, 0.05) is 29.6 Å². The first-order valence-electron chi connectivity index (χ1n) is 13.6. The third-order valence-corrected chi connectivity index (χ3v) is 7.83. The van der Waals surface area contributed by atoms with Crippen LogP contribution in [0.2, 0.25) is 0 Å². The van der Waals surface area contributed by atoms with E-state index < -0.39 is 0 Å². The van der Waals surface area contributed by atoms with Crippen LogP contribution < -0.4 is 4.90 Å². The molecule has 3 aromatic carbocycles. The van der Waals surface area contributed by atoms with E-state index in [0.29, 0.717) is 12.0 Å². The molecule has 3 atom stereocenters. The minimum atomic E-state index is -0.347. The van der Waals surface area contributed by atoms with Crippen LogP contribution in [0, 0.1) is 24.5 Å². The average Bonchev–Trinajstić information content (AvgIpc) is 2.93. The summed E-state index contributed by atoms with van der Waals surface area (Å²) in [5.74, 6) is -0.332. The lowest BCUT2D eigenvalue weighted by atomic mass is 9.73. The van der Waals surface area contributed by atoms with E-state index in [9.17, 15) is 13.6 Å². The fourth-order valence-corrected chi connectivity index (χ4v) is 5.62. The molecule has 2 unspecified atom stereocenters. The lowest BCUT2D eigenvalue weighted by Crippen LogP contribution is -2.63. The van der Waals surface area contributed by atoms with Crippen molar-refractivity contribution in [1.82, 2.24) is 0 Å². The number of nitrogens with zero attached hydrogens (tertiary/aromatic N) is 1. The lowest BCUT2D eigenvalue weighted by molar-refractivity contribution is 0.0959. The molecule has 4 heteroatoms. The molecule has 3 aromatic rings. The van der Waals surface area contributed by atoms with E-state index in [1.54, 1.807) is 12.1 Å². The Hall–Kier alpha value is -3.79. The van der Waals surface area contributed by atoms with Crippen LogP contribution in [0.3, 0.4) is 0 Å². The molecule has 1 fully saturated rings. The number of allylic oxidation sites excluding steroid dienone is 4. The molecule has 0 spiro atoms. The fourth-order valence-electron chi connectivity index (χ4n) is 5.62. The highest BCUT2D eigenvalue weighted by atomic mass is 19.1. The Morgan fingerprint density at radius 1 is 0.949 bits per heavy atom. The van der Waals surface area contributed by atoms with E-state index >= 15 is 0 Å². The number of carbonyl (C=O) groups is 1. The summed E-state index contributed by atoms with van der Waals surface area (Å²) in [7, 11) is 0. The van der Waals surface area contributed by atoms with Crippen molar-refractivity contribution in [3.63, 3.8) is 0 Å². The monoisotopic (exact) mass is 525 g/mol. The van der Waals surface area contributed by atoms with E-state index in [-0.39, 0.29) is 35.4 Å². The quantitative estimate of drug-likeness (QED) is 0.184. The molecule has 0 bridgehead atoms. The van der Waals surface area contributed by atoms with Crippen molar-refractivity contribution >= 4 is 11.5 Å². The topological polar surface area (TPSA) is 20.3 Å². The molecule has 2 nitrogen and oxygen atoms in total. The lowest BCUT2D eigenvalue weighted by Gasteiger charge is -2.56. The van der Waals surface area contributed by atoms with E-state index in [4.69, 9.17) is 0 Å². The van der Waals surface area contributed by atoms with Crippen molar-refractivity contribution in [1.29, 1.82) is 0 Å². The second-order valence-electron chi connectivity index (χ2n) is 10.5. The molecule has 0 radical (unpaired) electrons. The van der Waals surface area contributed by atoms with Gasteiger partial charge in [0.15, 0.2) is 5.78 Å². The summed E-state index contributed by atoms with van der Waals surface area (Å²) in [5, 5.41) is 0. The van der Waals surface area contributed by atoms with Crippen LogP contribution in [0.5, 0.6) is 0 Å². The van der Waals surface area contributed by atoms with Crippen molar-refractivity contribution in [3.05, 3.63) is 137 Å². The number of rotatable bonds is 11. The molecule has 4 rings (SSSR count). The Kier molecular flexibility index (Phi) is 9.29. The van der Waals surface area contributed by atoms with Gasteiger partial charge in [-0.25, -0.2) is 8.78 Å². The number of Topliss-reactive ketones (excluding diaryl/α,β-unsaturated/α-hetero) is 1. The van der Waals surface area contributed by atoms with Crippen molar-refractivity contribution in [2.75, 3.05) is 4.90 Å². The van der Waals surface area contributed by atoms with Crippen molar-refractivity contribution in [3.8, 4) is 0 Å². The molecular weight excluding hydrogens is 488 g/mol. The zero-order chi connectivity index (χ0) is 27.9. The molecule has 39 heavy (non-hydrogen) atoms. The van der Waals surface area contributed by atoms with Crippen molar-refractivity contribution < 1.29 is 13.6 Å². The predicted octanol–water partition coefficient (Wildman–Crippen LogP) is 8.82. The van der Waals surface area contributed by atoms with Crippen molar-refractivity contribution in [2.24, 2.45) is 5.92 Å². The summed E-state index contributed by atoms with van der Waals surface area (Å²) >= 11 is 0. The third kappa shape index (κ3) is 7.00. The zero-order valence-electron chi connectivity index (χ0n) is 23.0. The minimum absolute atomic E-state index is 0.0211. The number of benzene rings is 3. The molecule has 202 valence electrons. The highest BCUT2D eigenvalue weighted by molar-refractivity contribution is 5.96. The average molecular weight is 526 g/mol. The van der Waals surface area contributed by atoms with Crippen LogP contribution >= 0.6 is 0 Å². The molecular formula is C35H37F2NO. The zero-order valence-corrected chi connectivity index (χ0v) is 23.0. The van der Waals surface area contributed by atoms with Crippen LogP contribution in [0.25, 0.3) is 0 Å². The predicted molar refractivity (Wildman–Crippen MR) is 157 cm³/mol. The number of ketones is 1. The number of hydrogen-bond acceptors (Lipinski definition) is 2. The highest BCUT2D eigenvalue weighted by Gasteiger charge is 2.46. The summed E-state index contributed by atoms with van der Waals surface area (Å²) < 4.78 is 27.0. The van der Waals surface area contributed by atoms with Gasteiger partial charge in [0.05, 0.1) is 6.04 Å². The number of hydrogen-bond donors (Lipinski definition) is 0. The first-order valence-corrected chi connectivity index (χ1v) is 13.6. The van der Waals surface area contributed by atoms with Crippen LogP contribution in [0.4, 0.5) is 14.5 Å². The van der Waals surface area contributed by atoms with Gasteiger partial charge in [-0.1, -0.05) is 60.2 Å². The van der Waals surface area contributed by atoms with Gasteiger partial charge < -0.3 is 4.90 Å². The molecule has 0 amide bonds. The molecule has 0 N–H and O–H groups in total. The summed E-state index contributed by atoms with van der Waals surface area (Å²) in [6, 6.07) is 21.2. The van der Waals surface area contributed by atoms with E-state index in [1.165, 1.54) is 46.5 Å². The fraction of sp³-hybridized carbons (Fsp3) is 0.286. The van der Waals surface area contributed by atoms with Crippen LogP contribution in [0.15, 0.2) is 109 Å². The number of aryl methyl sites for hydroxylation is 2. The Morgan fingerprint density at radius 3 is 2.26 bits per heavy atom. The number of halogens is 2. The maximum absolute atomic E-state index is 13.7. The molecule has 1 saturated heterocycles. The Balaban J connectivity index is 1.51. The largest absolute Gasteiger partial charge is 0.361 e.